The van der Waals surface area contributed by atoms with Gasteiger partial charge in [-0.1, -0.05) is 13.0 Å². The maximum Gasteiger partial charge on any atom is 0.263 e. The lowest BCUT2D eigenvalue weighted by Crippen LogP contribution is -2.14. The van der Waals surface area contributed by atoms with Gasteiger partial charge in [0.05, 0.1) is 12.3 Å². The zero-order valence-corrected chi connectivity index (χ0v) is 15.2. The highest BCUT2D eigenvalue weighted by Crippen LogP contribution is 2.58. The average Bonchev–Trinajstić information content (AvgIpc) is 3.17. The van der Waals surface area contributed by atoms with Crippen LogP contribution in [0, 0.1) is 17.7 Å². The fourth-order valence-electron chi connectivity index (χ4n) is 3.40. The van der Waals surface area contributed by atoms with Gasteiger partial charge < -0.3 is 4.74 Å². The minimum Gasteiger partial charge on any atom is -0.493 e. The second-order valence-electron chi connectivity index (χ2n) is 6.29. The van der Waals surface area contributed by atoms with Crippen molar-refractivity contribution in [2.75, 3.05) is 11.3 Å². The van der Waals surface area contributed by atoms with Crippen LogP contribution in [0.25, 0.3) is 0 Å². The summed E-state index contributed by atoms with van der Waals surface area (Å²) in [4.78, 5) is -0.0154. The van der Waals surface area contributed by atoms with Gasteiger partial charge in [0.15, 0.2) is 0 Å². The van der Waals surface area contributed by atoms with E-state index in [1.165, 1.54) is 6.07 Å². The van der Waals surface area contributed by atoms with E-state index in [0.717, 1.165) is 23.4 Å². The fraction of sp³-hybridized carbons (Fsp3) is 0.294. The lowest BCUT2D eigenvalue weighted by molar-refractivity contribution is 0.276. The molecule has 3 atom stereocenters. The van der Waals surface area contributed by atoms with Crippen LogP contribution >= 0.6 is 15.9 Å². The molecule has 0 bridgehead atoms. The van der Waals surface area contributed by atoms with E-state index in [1.807, 2.05) is 6.07 Å². The molecule has 2 aliphatic rings. The molecular formula is C17H15BrFNO3S. The van der Waals surface area contributed by atoms with E-state index in [-0.39, 0.29) is 9.37 Å². The number of anilines is 1. The van der Waals surface area contributed by atoms with Crippen molar-refractivity contribution in [2.24, 2.45) is 11.8 Å². The van der Waals surface area contributed by atoms with Crippen molar-refractivity contribution < 1.29 is 17.5 Å². The highest BCUT2D eigenvalue weighted by molar-refractivity contribution is 9.10. The molecule has 2 aromatic rings. The zero-order chi connectivity index (χ0) is 17.1. The smallest absolute Gasteiger partial charge is 0.263 e. The maximum absolute atomic E-state index is 13.2. The molecule has 126 valence electrons. The first kappa shape index (κ1) is 15.9. The van der Waals surface area contributed by atoms with Crippen LogP contribution in [0.4, 0.5) is 10.1 Å². The Labute approximate surface area is 148 Å². The third-order valence-corrected chi connectivity index (χ3v) is 7.16. The molecule has 1 N–H and O–H groups in total. The van der Waals surface area contributed by atoms with Crippen LogP contribution in [0.5, 0.6) is 5.75 Å². The van der Waals surface area contributed by atoms with Crippen LogP contribution in [0.2, 0.25) is 0 Å². The molecule has 4 nitrogen and oxygen atoms in total. The molecule has 7 heteroatoms. The predicted molar refractivity (Wildman–Crippen MR) is 92.2 cm³/mol. The van der Waals surface area contributed by atoms with Crippen molar-refractivity contribution in [1.29, 1.82) is 0 Å². The van der Waals surface area contributed by atoms with E-state index in [4.69, 9.17) is 4.74 Å². The van der Waals surface area contributed by atoms with E-state index >= 15 is 0 Å². The normalized spacial score (nSPS) is 24.5. The molecule has 0 aromatic heterocycles. The Morgan fingerprint density at radius 1 is 1.25 bits per heavy atom. The fourth-order valence-corrected chi connectivity index (χ4v) is 5.50. The molecule has 24 heavy (non-hydrogen) atoms. The Balaban J connectivity index is 1.63. The van der Waals surface area contributed by atoms with Crippen molar-refractivity contribution in [3.8, 4) is 5.75 Å². The van der Waals surface area contributed by atoms with Crippen LogP contribution in [-0.2, 0) is 10.0 Å². The van der Waals surface area contributed by atoms with E-state index in [0.29, 0.717) is 30.0 Å². The van der Waals surface area contributed by atoms with Gasteiger partial charge in [-0.2, -0.15) is 0 Å². The number of hydrogen-bond donors (Lipinski definition) is 1. The molecule has 1 heterocycles. The van der Waals surface area contributed by atoms with Crippen LogP contribution in [0.1, 0.15) is 18.4 Å². The summed E-state index contributed by atoms with van der Waals surface area (Å²) in [6.07, 6.45) is 0. The molecule has 0 spiro atoms. The monoisotopic (exact) mass is 411 g/mol. The first-order chi connectivity index (χ1) is 11.4. The SMILES string of the molecule is CC1C2COc3cc(NS(=O)(=O)c4ccc(F)cc4Br)ccc3C12. The second kappa shape index (κ2) is 5.46. The molecule has 1 aliphatic heterocycles. The van der Waals surface area contributed by atoms with Gasteiger partial charge >= 0.3 is 0 Å². The van der Waals surface area contributed by atoms with Crippen molar-refractivity contribution in [2.45, 2.75) is 17.7 Å². The molecule has 0 amide bonds. The molecule has 1 saturated carbocycles. The maximum atomic E-state index is 13.2. The van der Waals surface area contributed by atoms with Crippen LogP contribution in [-0.4, -0.2) is 15.0 Å². The standard InChI is InChI=1S/C17H15BrFNO3S/c1-9-13-8-23-15-7-11(3-4-12(15)17(9)13)20-24(21,22)16-5-2-10(19)6-14(16)18/h2-7,9,13,17,20H,8H2,1H3. The lowest BCUT2D eigenvalue weighted by atomic mass is 10.1. The molecule has 0 radical (unpaired) electrons. The second-order valence-corrected chi connectivity index (χ2v) is 8.80. The number of ether oxygens (including phenoxy) is 1. The third kappa shape index (κ3) is 2.59. The van der Waals surface area contributed by atoms with E-state index in [2.05, 4.69) is 27.6 Å². The molecule has 1 fully saturated rings. The summed E-state index contributed by atoms with van der Waals surface area (Å²) in [6, 6.07) is 8.85. The van der Waals surface area contributed by atoms with Gasteiger partial charge in [0.1, 0.15) is 16.5 Å². The van der Waals surface area contributed by atoms with Gasteiger partial charge in [0.2, 0.25) is 0 Å². The first-order valence-corrected chi connectivity index (χ1v) is 9.89. The van der Waals surface area contributed by atoms with Crippen LogP contribution in [0.3, 0.4) is 0 Å². The highest BCUT2D eigenvalue weighted by atomic mass is 79.9. The minimum atomic E-state index is -3.82. The summed E-state index contributed by atoms with van der Waals surface area (Å²) < 4.78 is 46.7. The van der Waals surface area contributed by atoms with Gasteiger partial charge in [-0.25, -0.2) is 12.8 Å². The van der Waals surface area contributed by atoms with E-state index in [9.17, 15) is 12.8 Å². The molecular weight excluding hydrogens is 397 g/mol. The average molecular weight is 412 g/mol. The summed E-state index contributed by atoms with van der Waals surface area (Å²) in [5, 5.41) is 0. The lowest BCUT2D eigenvalue weighted by Gasteiger charge is -2.18. The van der Waals surface area contributed by atoms with Crippen LogP contribution in [0.15, 0.2) is 45.8 Å². The van der Waals surface area contributed by atoms with Crippen molar-refractivity contribution in [3.05, 3.63) is 52.3 Å². The van der Waals surface area contributed by atoms with Crippen LogP contribution < -0.4 is 9.46 Å². The number of nitrogens with one attached hydrogen (secondary N) is 1. The Morgan fingerprint density at radius 2 is 2.04 bits per heavy atom. The van der Waals surface area contributed by atoms with Crippen molar-refractivity contribution in [3.63, 3.8) is 0 Å². The van der Waals surface area contributed by atoms with Gasteiger partial charge in [-0.15, -0.1) is 0 Å². The van der Waals surface area contributed by atoms with E-state index < -0.39 is 15.8 Å². The first-order valence-electron chi connectivity index (χ1n) is 7.61. The summed E-state index contributed by atoms with van der Waals surface area (Å²) in [5.74, 6) is 1.94. The Hall–Kier alpha value is -1.60. The van der Waals surface area contributed by atoms with Gasteiger partial charge in [-0.3, -0.25) is 4.72 Å². The predicted octanol–water partition coefficient (Wildman–Crippen LogP) is 4.13. The summed E-state index contributed by atoms with van der Waals surface area (Å²) in [6.45, 7) is 2.88. The van der Waals surface area contributed by atoms with Gasteiger partial charge in [0.25, 0.3) is 10.0 Å². The summed E-state index contributed by atoms with van der Waals surface area (Å²) >= 11 is 3.09. The Morgan fingerprint density at radius 3 is 2.79 bits per heavy atom. The third-order valence-electron chi connectivity index (χ3n) is 4.80. The summed E-state index contributed by atoms with van der Waals surface area (Å²) in [7, 11) is -3.82. The molecule has 0 saturated heterocycles. The van der Waals surface area contributed by atoms with Gasteiger partial charge in [0, 0.05) is 16.5 Å². The Bertz CT molecular complexity index is 931. The number of hydrogen-bond acceptors (Lipinski definition) is 3. The Kier molecular flexibility index (Phi) is 3.61. The molecule has 2 aromatic carbocycles. The van der Waals surface area contributed by atoms with Gasteiger partial charge in [-0.05, 0) is 57.6 Å². The molecule has 4 rings (SSSR count). The summed E-state index contributed by atoms with van der Waals surface area (Å²) in [5.41, 5.74) is 1.57. The number of benzene rings is 2. The number of halogens is 2. The molecule has 1 aliphatic carbocycles. The minimum absolute atomic E-state index is 0.0154. The zero-order valence-electron chi connectivity index (χ0n) is 12.8. The number of sulfonamides is 1. The highest BCUT2D eigenvalue weighted by Gasteiger charge is 2.51. The topological polar surface area (TPSA) is 55.4 Å². The van der Waals surface area contributed by atoms with Crippen molar-refractivity contribution >= 4 is 31.6 Å². The quantitative estimate of drug-likeness (QED) is 0.825. The number of rotatable bonds is 3. The number of fused-ring (bicyclic) bond motifs is 3. The van der Waals surface area contributed by atoms with E-state index in [1.54, 1.807) is 12.1 Å². The molecule has 3 unspecified atom stereocenters. The van der Waals surface area contributed by atoms with Crippen molar-refractivity contribution in [1.82, 2.24) is 0 Å². The largest absolute Gasteiger partial charge is 0.493 e.